The molecule has 0 atom stereocenters. The number of nitrogens with zero attached hydrogens (tertiary/aromatic N) is 1. The first kappa shape index (κ1) is 20.0. The highest BCUT2D eigenvalue weighted by atomic mass is 127. The highest BCUT2D eigenvalue weighted by Crippen LogP contribution is 2.09. The lowest BCUT2D eigenvalue weighted by atomic mass is 10.2. The number of rotatable bonds is 6. The Kier molecular flexibility index (Phi) is 11.1. The van der Waals surface area contributed by atoms with E-state index in [1.54, 1.807) is 0 Å². The van der Waals surface area contributed by atoms with Crippen LogP contribution in [0.3, 0.4) is 0 Å². The molecule has 118 valence electrons. The van der Waals surface area contributed by atoms with Crippen molar-refractivity contribution >= 4 is 47.4 Å². The minimum absolute atomic E-state index is 0. The maximum atomic E-state index is 10.8. The average molecular weight is 425 g/mol. The van der Waals surface area contributed by atoms with Crippen molar-refractivity contribution < 1.29 is 4.79 Å². The van der Waals surface area contributed by atoms with Crippen LogP contribution in [0.4, 0.5) is 0 Å². The van der Waals surface area contributed by atoms with Gasteiger partial charge in [0.05, 0.1) is 6.54 Å². The first-order chi connectivity index (χ1) is 9.61. The molecule has 0 aliphatic carbocycles. The molecule has 0 spiro atoms. The fraction of sp³-hybridized carbons (Fsp3) is 0.429. The van der Waals surface area contributed by atoms with Crippen LogP contribution in [0.25, 0.3) is 0 Å². The molecule has 0 unspecified atom stereocenters. The van der Waals surface area contributed by atoms with E-state index in [0.717, 1.165) is 23.1 Å². The highest BCUT2D eigenvalue weighted by Gasteiger charge is 1.98. The van der Waals surface area contributed by atoms with E-state index in [1.165, 1.54) is 6.92 Å². The first-order valence-corrected chi connectivity index (χ1v) is 7.00. The maximum absolute atomic E-state index is 10.8. The van der Waals surface area contributed by atoms with Gasteiger partial charge in [-0.15, -0.1) is 24.0 Å². The molecule has 0 aliphatic heterocycles. The topological polar surface area (TPSA) is 65.5 Å². The van der Waals surface area contributed by atoms with Gasteiger partial charge >= 0.3 is 0 Å². The standard InChI is InChI=1S/C14H21ClN4O.HI/c1-3-16-14(18-9-8-17-11(2)20)19-10-12-4-6-13(15)7-5-12;/h4-7H,3,8-10H2,1-2H3,(H,17,20)(H2,16,18,19);1H. The summed E-state index contributed by atoms with van der Waals surface area (Å²) in [6.07, 6.45) is 0. The molecular weight excluding hydrogens is 403 g/mol. The molecule has 0 fully saturated rings. The zero-order valence-corrected chi connectivity index (χ0v) is 15.4. The van der Waals surface area contributed by atoms with E-state index in [-0.39, 0.29) is 29.9 Å². The number of carbonyl (C=O) groups excluding carboxylic acids is 1. The van der Waals surface area contributed by atoms with Gasteiger partial charge in [-0.25, -0.2) is 4.99 Å². The zero-order chi connectivity index (χ0) is 14.8. The summed E-state index contributed by atoms with van der Waals surface area (Å²) in [6.45, 7) is 6.07. The van der Waals surface area contributed by atoms with Gasteiger partial charge in [0.1, 0.15) is 0 Å². The molecule has 21 heavy (non-hydrogen) atoms. The average Bonchev–Trinajstić information content (AvgIpc) is 2.42. The Labute approximate surface area is 148 Å². The number of guanidine groups is 1. The number of carbonyl (C=O) groups is 1. The second-order valence-electron chi connectivity index (χ2n) is 4.23. The number of hydrogen-bond donors (Lipinski definition) is 3. The minimum atomic E-state index is -0.0325. The fourth-order valence-corrected chi connectivity index (χ4v) is 1.65. The van der Waals surface area contributed by atoms with E-state index in [2.05, 4.69) is 20.9 Å². The van der Waals surface area contributed by atoms with Gasteiger partial charge < -0.3 is 16.0 Å². The largest absolute Gasteiger partial charge is 0.357 e. The van der Waals surface area contributed by atoms with Gasteiger partial charge in [0, 0.05) is 31.6 Å². The summed E-state index contributed by atoms with van der Waals surface area (Å²) >= 11 is 5.84. The molecule has 0 saturated carbocycles. The second kappa shape index (κ2) is 11.6. The fourth-order valence-electron chi connectivity index (χ4n) is 1.52. The summed E-state index contributed by atoms with van der Waals surface area (Å²) in [4.78, 5) is 15.2. The predicted octanol–water partition coefficient (Wildman–Crippen LogP) is 2.15. The van der Waals surface area contributed by atoms with Crippen LogP contribution in [0.15, 0.2) is 29.3 Å². The van der Waals surface area contributed by atoms with Crippen LogP contribution in [0.5, 0.6) is 0 Å². The molecule has 7 heteroatoms. The van der Waals surface area contributed by atoms with E-state index in [4.69, 9.17) is 11.6 Å². The normalized spacial score (nSPS) is 10.5. The van der Waals surface area contributed by atoms with Gasteiger partial charge in [-0.1, -0.05) is 23.7 Å². The van der Waals surface area contributed by atoms with Gasteiger partial charge in [0.15, 0.2) is 5.96 Å². The smallest absolute Gasteiger partial charge is 0.216 e. The summed E-state index contributed by atoms with van der Waals surface area (Å²) < 4.78 is 0. The zero-order valence-electron chi connectivity index (χ0n) is 12.3. The van der Waals surface area contributed by atoms with E-state index in [1.807, 2.05) is 31.2 Å². The molecule has 1 rings (SSSR count). The molecule has 0 aliphatic rings. The van der Waals surface area contributed by atoms with Crippen LogP contribution < -0.4 is 16.0 Å². The summed E-state index contributed by atoms with van der Waals surface area (Å²) in [5.41, 5.74) is 1.09. The van der Waals surface area contributed by atoms with Crippen LogP contribution in [0.1, 0.15) is 19.4 Å². The Bertz CT molecular complexity index is 451. The number of benzene rings is 1. The Balaban J connectivity index is 0.00000400. The lowest BCUT2D eigenvalue weighted by Gasteiger charge is -2.11. The molecule has 0 saturated heterocycles. The van der Waals surface area contributed by atoms with E-state index in [9.17, 15) is 4.79 Å². The van der Waals surface area contributed by atoms with Gasteiger partial charge in [-0.3, -0.25) is 4.79 Å². The Hall–Kier alpha value is -1.02. The monoisotopic (exact) mass is 424 g/mol. The number of nitrogens with one attached hydrogen (secondary N) is 3. The lowest BCUT2D eigenvalue weighted by Crippen LogP contribution is -2.41. The van der Waals surface area contributed by atoms with Gasteiger partial charge in [-0.2, -0.15) is 0 Å². The summed E-state index contributed by atoms with van der Waals surface area (Å²) in [5.74, 6) is 0.697. The molecule has 1 aromatic rings. The van der Waals surface area contributed by atoms with Crippen molar-refractivity contribution in [3.05, 3.63) is 34.9 Å². The molecule has 1 amide bonds. The van der Waals surface area contributed by atoms with Crippen LogP contribution in [0.2, 0.25) is 5.02 Å². The van der Waals surface area contributed by atoms with Crippen LogP contribution in [-0.4, -0.2) is 31.5 Å². The van der Waals surface area contributed by atoms with Crippen LogP contribution >= 0.6 is 35.6 Å². The van der Waals surface area contributed by atoms with Crippen LogP contribution in [0, 0.1) is 0 Å². The van der Waals surface area contributed by atoms with E-state index >= 15 is 0 Å². The van der Waals surface area contributed by atoms with Gasteiger partial charge in [0.2, 0.25) is 5.91 Å². The lowest BCUT2D eigenvalue weighted by molar-refractivity contribution is -0.118. The molecule has 1 aromatic carbocycles. The maximum Gasteiger partial charge on any atom is 0.216 e. The third-order valence-corrected chi connectivity index (χ3v) is 2.72. The number of aliphatic imine (C=N–C) groups is 1. The van der Waals surface area contributed by atoms with Crippen molar-refractivity contribution in [2.45, 2.75) is 20.4 Å². The minimum Gasteiger partial charge on any atom is -0.357 e. The quantitative estimate of drug-likeness (QED) is 0.284. The number of hydrogen-bond acceptors (Lipinski definition) is 2. The Morgan fingerprint density at radius 1 is 1.14 bits per heavy atom. The molecular formula is C14H22ClIN4O. The van der Waals surface area contributed by atoms with Crippen molar-refractivity contribution in [2.75, 3.05) is 19.6 Å². The molecule has 0 bridgehead atoms. The molecule has 0 heterocycles. The molecule has 5 nitrogen and oxygen atoms in total. The Morgan fingerprint density at radius 3 is 2.33 bits per heavy atom. The third kappa shape index (κ3) is 9.52. The van der Waals surface area contributed by atoms with Crippen LogP contribution in [-0.2, 0) is 11.3 Å². The van der Waals surface area contributed by atoms with E-state index in [0.29, 0.717) is 19.6 Å². The van der Waals surface area contributed by atoms with Gasteiger partial charge in [0.25, 0.3) is 0 Å². The second-order valence-corrected chi connectivity index (χ2v) is 4.67. The van der Waals surface area contributed by atoms with E-state index < -0.39 is 0 Å². The SMILES string of the molecule is CCNC(=NCc1ccc(Cl)cc1)NCCNC(C)=O.I. The summed E-state index contributed by atoms with van der Waals surface area (Å²) in [6, 6.07) is 7.60. The molecule has 0 radical (unpaired) electrons. The number of halogens is 2. The van der Waals surface area contributed by atoms with Crippen molar-refractivity contribution in [3.8, 4) is 0 Å². The molecule has 0 aromatic heterocycles. The third-order valence-electron chi connectivity index (χ3n) is 2.47. The van der Waals surface area contributed by atoms with Crippen molar-refractivity contribution in [2.24, 2.45) is 4.99 Å². The summed E-state index contributed by atoms with van der Waals surface area (Å²) in [7, 11) is 0. The van der Waals surface area contributed by atoms with Gasteiger partial charge in [-0.05, 0) is 24.6 Å². The predicted molar refractivity (Wildman–Crippen MR) is 98.4 cm³/mol. The summed E-state index contributed by atoms with van der Waals surface area (Å²) in [5, 5.41) is 9.75. The van der Waals surface area contributed by atoms with Crippen molar-refractivity contribution in [1.29, 1.82) is 0 Å². The first-order valence-electron chi connectivity index (χ1n) is 6.63. The van der Waals surface area contributed by atoms with Crippen molar-refractivity contribution in [1.82, 2.24) is 16.0 Å². The highest BCUT2D eigenvalue weighted by molar-refractivity contribution is 14.0. The number of amides is 1. The van der Waals surface area contributed by atoms with Crippen molar-refractivity contribution in [3.63, 3.8) is 0 Å². The Morgan fingerprint density at radius 2 is 1.76 bits per heavy atom. The molecule has 3 N–H and O–H groups in total.